The van der Waals surface area contributed by atoms with Crippen LogP contribution in [0.4, 0.5) is 5.82 Å². The molecule has 2 aromatic rings. The van der Waals surface area contributed by atoms with Crippen LogP contribution >= 0.6 is 0 Å². The molecular formula is C20H29N7O2. The summed E-state index contributed by atoms with van der Waals surface area (Å²) in [4.78, 5) is 17.9. The van der Waals surface area contributed by atoms with Crippen LogP contribution in [-0.2, 0) is 4.79 Å². The van der Waals surface area contributed by atoms with Crippen LogP contribution in [0, 0.1) is 0 Å². The van der Waals surface area contributed by atoms with Crippen molar-refractivity contribution in [3.63, 3.8) is 0 Å². The summed E-state index contributed by atoms with van der Waals surface area (Å²) < 4.78 is 1.89. The van der Waals surface area contributed by atoms with Crippen LogP contribution in [0.2, 0.25) is 0 Å². The summed E-state index contributed by atoms with van der Waals surface area (Å²) in [6.07, 6.45) is 3.95. The summed E-state index contributed by atoms with van der Waals surface area (Å²) in [5, 5.41) is 24.3. The highest BCUT2D eigenvalue weighted by atomic mass is 16.3. The van der Waals surface area contributed by atoms with Crippen LogP contribution in [0.1, 0.15) is 44.3 Å². The summed E-state index contributed by atoms with van der Waals surface area (Å²) >= 11 is 0. The van der Waals surface area contributed by atoms with Gasteiger partial charge in [0.1, 0.15) is 5.82 Å². The number of piperidine rings is 1. The third kappa shape index (κ3) is 3.57. The van der Waals surface area contributed by atoms with Gasteiger partial charge < -0.3 is 14.9 Å². The fourth-order valence-corrected chi connectivity index (χ4v) is 4.59. The minimum atomic E-state index is -0.822. The largest absolute Gasteiger partial charge is 0.387 e. The first-order valence-electron chi connectivity index (χ1n) is 10.6. The number of β-amino-alcohol motifs (C(OH)–C–C–N with tert-alkyl or cyclic N) is 1. The number of carbonyl (C=O) groups excluding carboxylic acids is 1. The van der Waals surface area contributed by atoms with Crippen molar-refractivity contribution in [2.45, 2.75) is 50.2 Å². The van der Waals surface area contributed by atoms with E-state index < -0.39 is 5.60 Å². The number of hydrogen-bond donors (Lipinski definition) is 1. The van der Waals surface area contributed by atoms with Crippen LogP contribution in [0.3, 0.4) is 0 Å². The molecule has 156 valence electrons. The lowest BCUT2D eigenvalue weighted by Crippen LogP contribution is -2.63. The Bertz CT molecular complexity index is 921. The SMILES string of the molecule is CC(=O)N1CCCC(O)(CN(C)C2CN(c3ccc4nnc(C5CC5)n4n3)C2)C1. The van der Waals surface area contributed by atoms with Gasteiger partial charge in [-0.2, -0.15) is 4.52 Å². The van der Waals surface area contributed by atoms with Crippen LogP contribution in [-0.4, -0.2) is 92.0 Å². The molecule has 0 spiro atoms. The Hall–Kier alpha value is -2.26. The molecule has 9 nitrogen and oxygen atoms in total. The van der Waals surface area contributed by atoms with Crippen molar-refractivity contribution in [1.82, 2.24) is 29.6 Å². The second-order valence-electron chi connectivity index (χ2n) is 9.04. The van der Waals surface area contributed by atoms with Crippen LogP contribution in [0.15, 0.2) is 12.1 Å². The average molecular weight is 399 g/mol. The van der Waals surface area contributed by atoms with Crippen molar-refractivity contribution in [2.24, 2.45) is 0 Å². The zero-order valence-corrected chi connectivity index (χ0v) is 17.2. The Morgan fingerprint density at radius 2 is 2.10 bits per heavy atom. The molecule has 2 saturated heterocycles. The number of carbonyl (C=O) groups is 1. The monoisotopic (exact) mass is 399 g/mol. The van der Waals surface area contributed by atoms with Gasteiger partial charge in [0.05, 0.1) is 12.1 Å². The molecule has 1 saturated carbocycles. The fourth-order valence-electron chi connectivity index (χ4n) is 4.59. The smallest absolute Gasteiger partial charge is 0.219 e. The number of amides is 1. The average Bonchev–Trinajstić information content (AvgIpc) is 3.39. The highest BCUT2D eigenvalue weighted by Gasteiger charge is 2.39. The van der Waals surface area contributed by atoms with E-state index in [4.69, 9.17) is 5.10 Å². The Morgan fingerprint density at radius 1 is 1.31 bits per heavy atom. The number of nitrogens with zero attached hydrogens (tertiary/aromatic N) is 7. The summed E-state index contributed by atoms with van der Waals surface area (Å²) in [5.74, 6) is 2.48. The van der Waals surface area contributed by atoms with Gasteiger partial charge in [-0.15, -0.1) is 15.3 Å². The van der Waals surface area contributed by atoms with Gasteiger partial charge in [0, 0.05) is 45.1 Å². The van der Waals surface area contributed by atoms with E-state index in [1.54, 1.807) is 11.8 Å². The van der Waals surface area contributed by atoms with E-state index in [0.29, 0.717) is 25.0 Å². The zero-order chi connectivity index (χ0) is 20.2. The lowest BCUT2D eigenvalue weighted by Gasteiger charge is -2.48. The summed E-state index contributed by atoms with van der Waals surface area (Å²) in [6.45, 7) is 5.09. The molecule has 0 radical (unpaired) electrons. The second-order valence-corrected chi connectivity index (χ2v) is 9.04. The van der Waals surface area contributed by atoms with Gasteiger partial charge in [0.15, 0.2) is 11.5 Å². The number of likely N-dealkylation sites (N-methyl/N-ethyl adjacent to an activating group) is 1. The molecule has 0 bridgehead atoms. The highest BCUT2D eigenvalue weighted by molar-refractivity contribution is 5.73. The molecule has 1 atom stereocenters. The van der Waals surface area contributed by atoms with E-state index in [9.17, 15) is 9.90 Å². The van der Waals surface area contributed by atoms with E-state index in [1.165, 1.54) is 12.8 Å². The van der Waals surface area contributed by atoms with Crippen molar-refractivity contribution in [1.29, 1.82) is 0 Å². The number of rotatable bonds is 5. The Labute approximate surface area is 170 Å². The maximum atomic E-state index is 11.7. The highest BCUT2D eigenvalue weighted by Crippen LogP contribution is 2.39. The molecule has 1 unspecified atom stereocenters. The summed E-state index contributed by atoms with van der Waals surface area (Å²) in [5.41, 5.74) is -0.0165. The van der Waals surface area contributed by atoms with Gasteiger partial charge in [-0.05, 0) is 44.9 Å². The molecule has 1 N–H and O–H groups in total. The molecule has 29 heavy (non-hydrogen) atoms. The Kier molecular flexibility index (Phi) is 4.47. The van der Waals surface area contributed by atoms with Gasteiger partial charge in [-0.25, -0.2) is 0 Å². The molecule has 1 aliphatic carbocycles. The van der Waals surface area contributed by atoms with Crippen molar-refractivity contribution in [3.8, 4) is 0 Å². The molecular weight excluding hydrogens is 370 g/mol. The summed E-state index contributed by atoms with van der Waals surface area (Å²) in [7, 11) is 2.06. The van der Waals surface area contributed by atoms with E-state index >= 15 is 0 Å². The van der Waals surface area contributed by atoms with Crippen LogP contribution in [0.5, 0.6) is 0 Å². The second kappa shape index (κ2) is 6.91. The van der Waals surface area contributed by atoms with Gasteiger partial charge in [-0.1, -0.05) is 0 Å². The number of anilines is 1. The maximum Gasteiger partial charge on any atom is 0.219 e. The van der Waals surface area contributed by atoms with E-state index in [2.05, 4.69) is 27.0 Å². The number of aromatic nitrogens is 4. The lowest BCUT2D eigenvalue weighted by molar-refractivity contribution is -0.137. The molecule has 5 rings (SSSR count). The third-order valence-corrected chi connectivity index (χ3v) is 6.57. The molecule has 9 heteroatoms. The molecule has 2 aliphatic heterocycles. The summed E-state index contributed by atoms with van der Waals surface area (Å²) in [6, 6.07) is 4.36. The molecule has 3 aliphatic rings. The quantitative estimate of drug-likeness (QED) is 0.783. The van der Waals surface area contributed by atoms with Gasteiger partial charge >= 0.3 is 0 Å². The topological polar surface area (TPSA) is 90.1 Å². The minimum absolute atomic E-state index is 0.0432. The first-order valence-corrected chi connectivity index (χ1v) is 10.6. The van der Waals surface area contributed by atoms with Gasteiger partial charge in [0.25, 0.3) is 0 Å². The maximum absolute atomic E-state index is 11.7. The molecule has 4 heterocycles. The first-order chi connectivity index (χ1) is 13.9. The number of hydrogen-bond acceptors (Lipinski definition) is 7. The van der Waals surface area contributed by atoms with Crippen LogP contribution < -0.4 is 4.90 Å². The Balaban J connectivity index is 1.21. The van der Waals surface area contributed by atoms with Crippen molar-refractivity contribution in [2.75, 3.05) is 44.7 Å². The minimum Gasteiger partial charge on any atom is -0.387 e. The van der Waals surface area contributed by atoms with Gasteiger partial charge in [-0.3, -0.25) is 9.69 Å². The standard InChI is InChI=1S/C20H29N7O2/c1-14(28)25-9-3-8-20(29,13-25)12-24(2)16-10-26(11-16)18-7-6-17-21-22-19(15-4-5-15)27(17)23-18/h6-7,15-16,29H,3-5,8-13H2,1-2H3. The molecule has 0 aromatic carbocycles. The van der Waals surface area contributed by atoms with E-state index in [1.807, 2.05) is 16.6 Å². The number of fused-ring (bicyclic) bond motifs is 1. The third-order valence-electron chi connectivity index (χ3n) is 6.57. The van der Waals surface area contributed by atoms with Crippen molar-refractivity contribution >= 4 is 17.4 Å². The molecule has 2 aromatic heterocycles. The molecule has 1 amide bonds. The van der Waals surface area contributed by atoms with Crippen molar-refractivity contribution in [3.05, 3.63) is 18.0 Å². The van der Waals surface area contributed by atoms with Gasteiger partial charge in [0.2, 0.25) is 5.91 Å². The predicted molar refractivity (Wildman–Crippen MR) is 108 cm³/mol. The lowest BCUT2D eigenvalue weighted by atomic mass is 9.91. The van der Waals surface area contributed by atoms with E-state index in [-0.39, 0.29) is 5.91 Å². The first kappa shape index (κ1) is 18.7. The normalized spacial score (nSPS) is 25.7. The molecule has 3 fully saturated rings. The van der Waals surface area contributed by atoms with E-state index in [0.717, 1.165) is 49.8 Å². The predicted octanol–water partition coefficient (Wildman–Crippen LogP) is 0.496. The van der Waals surface area contributed by atoms with Crippen molar-refractivity contribution < 1.29 is 9.90 Å². The fraction of sp³-hybridized carbons (Fsp3) is 0.700. The van der Waals surface area contributed by atoms with Crippen LogP contribution in [0.25, 0.3) is 5.65 Å². The Morgan fingerprint density at radius 3 is 2.83 bits per heavy atom. The zero-order valence-electron chi connectivity index (χ0n) is 17.2. The number of aliphatic hydroxyl groups is 1. The number of likely N-dealkylation sites (tertiary alicyclic amines) is 1.